The standard InChI is InChI=1S/C11H16ClN5.C2H4O2/c1-7(2)15-10(13)17-11(14)16-9-5-3-8(12)4-6-9;1-2(3)4/h3-7H,1-2H3,(H5,13,14,15,16,17);1H3,(H,3,4)/p-1. The molecule has 7 nitrogen and oxygen atoms in total. The van der Waals surface area contributed by atoms with E-state index >= 15 is 0 Å². The summed E-state index contributed by atoms with van der Waals surface area (Å²) in [6.45, 7) is 4.79. The van der Waals surface area contributed by atoms with Gasteiger partial charge in [-0.3, -0.25) is 0 Å². The molecule has 0 aromatic heterocycles. The highest BCUT2D eigenvalue weighted by Gasteiger charge is 1.97. The minimum Gasteiger partial charge on any atom is -0.550 e. The number of hydrogen-bond donors (Lipinski definition) is 3. The van der Waals surface area contributed by atoms with Gasteiger partial charge in [-0.2, -0.15) is 4.99 Å². The quantitative estimate of drug-likeness (QED) is 0.542. The zero-order chi connectivity index (χ0) is 16.4. The van der Waals surface area contributed by atoms with Crippen molar-refractivity contribution in [3.05, 3.63) is 29.3 Å². The van der Waals surface area contributed by atoms with Crippen molar-refractivity contribution in [3.8, 4) is 0 Å². The molecule has 0 unspecified atom stereocenters. The normalized spacial score (nSPS) is 11.7. The van der Waals surface area contributed by atoms with Crippen LogP contribution in [0.25, 0.3) is 0 Å². The summed E-state index contributed by atoms with van der Waals surface area (Å²) in [5.41, 5.74) is 12.0. The van der Waals surface area contributed by atoms with Crippen LogP contribution in [0.15, 0.2) is 34.3 Å². The number of carbonyl (C=O) groups is 1. The largest absolute Gasteiger partial charge is 0.550 e. The van der Waals surface area contributed by atoms with E-state index in [4.69, 9.17) is 33.0 Å². The van der Waals surface area contributed by atoms with Crippen LogP contribution in [0.2, 0.25) is 5.02 Å². The lowest BCUT2D eigenvalue weighted by molar-refractivity contribution is -0.302. The second kappa shape index (κ2) is 9.60. The second-order valence-electron chi connectivity index (χ2n) is 4.20. The first kappa shape index (κ1) is 18.7. The molecule has 0 aliphatic carbocycles. The maximum atomic E-state index is 8.89. The number of carboxylic acid groups (broad SMARTS) is 1. The smallest absolute Gasteiger partial charge is 0.218 e. The van der Waals surface area contributed by atoms with Crippen LogP contribution >= 0.6 is 11.6 Å². The summed E-state index contributed by atoms with van der Waals surface area (Å²) in [6, 6.07) is 7.17. The third-order valence-electron chi connectivity index (χ3n) is 1.74. The van der Waals surface area contributed by atoms with Gasteiger partial charge in [0.15, 0.2) is 0 Å². The van der Waals surface area contributed by atoms with Gasteiger partial charge in [-0.25, -0.2) is 4.99 Å². The molecule has 21 heavy (non-hydrogen) atoms. The molecule has 116 valence electrons. The summed E-state index contributed by atoms with van der Waals surface area (Å²) in [4.78, 5) is 16.8. The zero-order valence-electron chi connectivity index (χ0n) is 12.1. The summed E-state index contributed by atoms with van der Waals surface area (Å²) < 4.78 is 0. The van der Waals surface area contributed by atoms with E-state index in [1.165, 1.54) is 0 Å². The lowest BCUT2D eigenvalue weighted by Crippen LogP contribution is -2.26. The second-order valence-corrected chi connectivity index (χ2v) is 4.64. The molecular formula is C13H19ClN5O2-. The Morgan fingerprint density at radius 2 is 1.76 bits per heavy atom. The van der Waals surface area contributed by atoms with Crippen LogP contribution in [-0.4, -0.2) is 23.9 Å². The Kier molecular flexibility index (Phi) is 8.55. The van der Waals surface area contributed by atoms with E-state index in [2.05, 4.69) is 15.3 Å². The molecule has 1 aromatic carbocycles. The van der Waals surface area contributed by atoms with E-state index < -0.39 is 5.97 Å². The number of nitrogens with two attached hydrogens (primary N) is 2. The Balaban J connectivity index is 0.000000885. The summed E-state index contributed by atoms with van der Waals surface area (Å²) >= 11 is 5.76. The van der Waals surface area contributed by atoms with Gasteiger partial charge in [0.1, 0.15) is 0 Å². The first-order valence-corrected chi connectivity index (χ1v) is 6.46. The van der Waals surface area contributed by atoms with E-state index in [0.717, 1.165) is 12.6 Å². The van der Waals surface area contributed by atoms with Crippen molar-refractivity contribution in [2.75, 3.05) is 5.32 Å². The average Bonchev–Trinajstić information content (AvgIpc) is 2.30. The fraction of sp³-hybridized carbons (Fsp3) is 0.308. The number of anilines is 1. The van der Waals surface area contributed by atoms with E-state index in [1.807, 2.05) is 13.8 Å². The Labute approximate surface area is 128 Å². The minimum absolute atomic E-state index is 0.0853. The summed E-state index contributed by atoms with van der Waals surface area (Å²) in [5, 5.41) is 12.4. The molecule has 1 aromatic rings. The fourth-order valence-corrected chi connectivity index (χ4v) is 1.25. The van der Waals surface area contributed by atoms with Crippen molar-refractivity contribution in [1.82, 2.24) is 0 Å². The number of carboxylic acids is 1. The Morgan fingerprint density at radius 3 is 2.19 bits per heavy atom. The lowest BCUT2D eigenvalue weighted by Gasteiger charge is -2.05. The highest BCUT2D eigenvalue weighted by molar-refractivity contribution is 6.30. The highest BCUT2D eigenvalue weighted by Crippen LogP contribution is 2.12. The molecule has 0 amide bonds. The number of aliphatic imine (C=N–C) groups is 2. The fourth-order valence-electron chi connectivity index (χ4n) is 1.13. The van der Waals surface area contributed by atoms with Crippen LogP contribution in [0.3, 0.4) is 0 Å². The van der Waals surface area contributed by atoms with E-state index in [9.17, 15) is 0 Å². The van der Waals surface area contributed by atoms with E-state index in [1.54, 1.807) is 24.3 Å². The molecule has 0 spiro atoms. The number of nitrogens with zero attached hydrogens (tertiary/aromatic N) is 2. The number of nitrogens with one attached hydrogen (secondary N) is 1. The first-order chi connectivity index (χ1) is 9.70. The predicted octanol–water partition coefficient (Wildman–Crippen LogP) is 0.546. The Hall–Kier alpha value is -2.28. The first-order valence-electron chi connectivity index (χ1n) is 6.08. The van der Waals surface area contributed by atoms with E-state index in [0.29, 0.717) is 5.02 Å². The van der Waals surface area contributed by atoms with Gasteiger partial charge in [0, 0.05) is 22.7 Å². The van der Waals surface area contributed by atoms with Gasteiger partial charge in [0.25, 0.3) is 0 Å². The monoisotopic (exact) mass is 312 g/mol. The lowest BCUT2D eigenvalue weighted by atomic mass is 10.3. The number of hydrogen-bond acceptors (Lipinski definition) is 3. The molecule has 8 heteroatoms. The number of benzene rings is 1. The van der Waals surface area contributed by atoms with Crippen LogP contribution in [0.5, 0.6) is 0 Å². The van der Waals surface area contributed by atoms with Gasteiger partial charge in [-0.05, 0) is 45.0 Å². The van der Waals surface area contributed by atoms with Crippen LogP contribution in [-0.2, 0) is 4.79 Å². The van der Waals surface area contributed by atoms with Gasteiger partial charge in [-0.15, -0.1) is 0 Å². The predicted molar refractivity (Wildman–Crippen MR) is 84.1 cm³/mol. The Morgan fingerprint density at radius 1 is 1.29 bits per heavy atom. The summed E-state index contributed by atoms with van der Waals surface area (Å²) in [6.07, 6.45) is 0. The molecule has 0 saturated heterocycles. The topological polar surface area (TPSA) is 129 Å². The van der Waals surface area contributed by atoms with Crippen LogP contribution in [0.4, 0.5) is 5.69 Å². The number of carbonyl (C=O) groups excluding carboxylic acids is 1. The molecule has 1 rings (SSSR count). The van der Waals surface area contributed by atoms with Crippen molar-refractivity contribution >= 4 is 35.2 Å². The third-order valence-corrected chi connectivity index (χ3v) is 1.99. The molecule has 0 heterocycles. The van der Waals surface area contributed by atoms with Crippen molar-refractivity contribution in [2.45, 2.75) is 26.8 Å². The number of halogens is 1. The molecule has 0 fully saturated rings. The van der Waals surface area contributed by atoms with Gasteiger partial charge in [0.05, 0.1) is 0 Å². The number of rotatable bonds is 2. The third kappa shape index (κ3) is 11.3. The van der Waals surface area contributed by atoms with Crippen LogP contribution in [0.1, 0.15) is 20.8 Å². The molecular weight excluding hydrogens is 294 g/mol. The number of guanidine groups is 2. The molecule has 0 bridgehead atoms. The summed E-state index contributed by atoms with van der Waals surface area (Å²) in [7, 11) is 0. The molecule has 0 saturated carbocycles. The molecule has 0 aliphatic heterocycles. The van der Waals surface area contributed by atoms with Gasteiger partial charge in [-0.1, -0.05) is 11.6 Å². The summed E-state index contributed by atoms with van der Waals surface area (Å²) in [5.74, 6) is -0.742. The van der Waals surface area contributed by atoms with Crippen LogP contribution in [0, 0.1) is 0 Å². The van der Waals surface area contributed by atoms with Gasteiger partial charge >= 0.3 is 0 Å². The zero-order valence-corrected chi connectivity index (χ0v) is 12.9. The van der Waals surface area contributed by atoms with Gasteiger partial charge < -0.3 is 26.7 Å². The van der Waals surface area contributed by atoms with Crippen molar-refractivity contribution in [2.24, 2.45) is 21.5 Å². The maximum absolute atomic E-state index is 8.89. The van der Waals surface area contributed by atoms with Crippen LogP contribution < -0.4 is 21.9 Å². The maximum Gasteiger partial charge on any atom is 0.218 e. The Bertz CT molecular complexity index is 508. The minimum atomic E-state index is -1.08. The highest BCUT2D eigenvalue weighted by atomic mass is 35.5. The number of aliphatic carboxylic acids is 1. The SMILES string of the molecule is CC(=O)[O-].CC(C)N=C(N)/N=C(\N)Nc1ccc(Cl)cc1. The molecule has 0 radical (unpaired) electrons. The molecule has 0 atom stereocenters. The van der Waals surface area contributed by atoms with Crippen molar-refractivity contribution in [3.63, 3.8) is 0 Å². The van der Waals surface area contributed by atoms with E-state index in [-0.39, 0.29) is 18.0 Å². The molecule has 0 aliphatic rings. The van der Waals surface area contributed by atoms with Crippen molar-refractivity contribution < 1.29 is 9.90 Å². The molecule has 5 N–H and O–H groups in total. The van der Waals surface area contributed by atoms with Gasteiger partial charge in [0.2, 0.25) is 11.9 Å². The average molecular weight is 313 g/mol. The van der Waals surface area contributed by atoms with Crippen molar-refractivity contribution in [1.29, 1.82) is 0 Å².